The minimum absolute atomic E-state index is 0.0548. The van der Waals surface area contributed by atoms with Gasteiger partial charge in [0.1, 0.15) is 5.69 Å². The maximum atomic E-state index is 13.1. The summed E-state index contributed by atoms with van der Waals surface area (Å²) in [5.41, 5.74) is 1.87. The van der Waals surface area contributed by atoms with Gasteiger partial charge in [0.25, 0.3) is 5.69 Å². The van der Waals surface area contributed by atoms with E-state index >= 15 is 0 Å². The van der Waals surface area contributed by atoms with E-state index in [4.69, 9.17) is 0 Å². The van der Waals surface area contributed by atoms with E-state index in [9.17, 15) is 19.7 Å². The highest BCUT2D eigenvalue weighted by molar-refractivity contribution is 5.80. The minimum Gasteiger partial charge on any atom is -0.362 e. The molecule has 0 saturated carbocycles. The first-order valence-corrected chi connectivity index (χ1v) is 11.6. The van der Waals surface area contributed by atoms with Gasteiger partial charge in [0, 0.05) is 57.7 Å². The van der Waals surface area contributed by atoms with Crippen LogP contribution < -0.4 is 4.90 Å². The topological polar surface area (TPSA) is 87.0 Å². The summed E-state index contributed by atoms with van der Waals surface area (Å²) >= 11 is 0. The van der Waals surface area contributed by atoms with Crippen LogP contribution in [0.5, 0.6) is 0 Å². The number of aryl methyl sites for hydroxylation is 1. The summed E-state index contributed by atoms with van der Waals surface area (Å²) in [6, 6.07) is 16.8. The molecular weight excluding hydrogens is 420 g/mol. The Labute approximate surface area is 193 Å². The molecule has 4 rings (SSSR count). The number of benzene rings is 2. The van der Waals surface area contributed by atoms with Gasteiger partial charge in [-0.25, -0.2) is 0 Å². The molecule has 0 radical (unpaired) electrons. The number of rotatable bonds is 6. The quantitative estimate of drug-likeness (QED) is 0.499. The lowest BCUT2D eigenvalue weighted by Gasteiger charge is -2.39. The Morgan fingerprint density at radius 1 is 0.848 bits per heavy atom. The van der Waals surface area contributed by atoms with Crippen molar-refractivity contribution in [1.82, 2.24) is 9.80 Å². The SMILES string of the molecule is O=C(CCc1ccccc1)N1CCC(C(=O)N2CCN(c3ccccc3[N+](=O)[O-])CC2)CC1. The van der Waals surface area contributed by atoms with Gasteiger partial charge in [0.2, 0.25) is 11.8 Å². The number of hydrogen-bond acceptors (Lipinski definition) is 5. The maximum absolute atomic E-state index is 13.1. The number of carbonyl (C=O) groups is 2. The van der Waals surface area contributed by atoms with Crippen molar-refractivity contribution in [2.24, 2.45) is 5.92 Å². The molecule has 0 unspecified atom stereocenters. The van der Waals surface area contributed by atoms with E-state index in [1.807, 2.05) is 45.0 Å². The molecule has 2 aliphatic heterocycles. The number of amides is 2. The van der Waals surface area contributed by atoms with E-state index in [-0.39, 0.29) is 28.3 Å². The summed E-state index contributed by atoms with van der Waals surface area (Å²) in [6.45, 7) is 3.52. The number of piperazine rings is 1. The van der Waals surface area contributed by atoms with Crippen LogP contribution in [-0.2, 0) is 16.0 Å². The molecule has 33 heavy (non-hydrogen) atoms. The third kappa shape index (κ3) is 5.50. The smallest absolute Gasteiger partial charge is 0.292 e. The van der Waals surface area contributed by atoms with Gasteiger partial charge in [-0.2, -0.15) is 0 Å². The molecule has 8 nitrogen and oxygen atoms in total. The molecule has 0 aromatic heterocycles. The number of piperidine rings is 1. The Kier molecular flexibility index (Phi) is 7.22. The van der Waals surface area contributed by atoms with Crippen LogP contribution in [0.3, 0.4) is 0 Å². The van der Waals surface area contributed by atoms with Gasteiger partial charge in [-0.15, -0.1) is 0 Å². The average molecular weight is 451 g/mol. The molecule has 2 aromatic rings. The zero-order chi connectivity index (χ0) is 23.2. The Morgan fingerprint density at radius 2 is 1.48 bits per heavy atom. The summed E-state index contributed by atoms with van der Waals surface area (Å²) in [6.07, 6.45) is 2.62. The molecule has 2 saturated heterocycles. The zero-order valence-corrected chi connectivity index (χ0v) is 18.8. The highest BCUT2D eigenvalue weighted by atomic mass is 16.6. The number of para-hydroxylation sites is 2. The largest absolute Gasteiger partial charge is 0.362 e. The van der Waals surface area contributed by atoms with E-state index in [2.05, 4.69) is 0 Å². The lowest BCUT2D eigenvalue weighted by atomic mass is 9.94. The molecule has 2 amide bonds. The van der Waals surface area contributed by atoms with Gasteiger partial charge in [-0.05, 0) is 30.9 Å². The Hall–Kier alpha value is -3.42. The standard InChI is InChI=1S/C25H30N4O4/c30-24(11-10-20-6-2-1-3-7-20)27-14-12-21(13-15-27)25(31)28-18-16-26(17-19-28)22-8-4-5-9-23(22)29(32)33/h1-9,21H,10-19H2. The average Bonchev–Trinajstić information content (AvgIpc) is 2.87. The lowest BCUT2D eigenvalue weighted by molar-refractivity contribution is -0.384. The number of nitrogens with zero attached hydrogens (tertiary/aromatic N) is 4. The summed E-state index contributed by atoms with van der Waals surface area (Å²) in [4.78, 5) is 42.3. The van der Waals surface area contributed by atoms with Crippen molar-refractivity contribution in [3.63, 3.8) is 0 Å². The molecule has 2 heterocycles. The Bertz CT molecular complexity index is 981. The van der Waals surface area contributed by atoms with Crippen molar-refractivity contribution in [2.75, 3.05) is 44.2 Å². The second-order valence-corrected chi connectivity index (χ2v) is 8.70. The van der Waals surface area contributed by atoms with Crippen molar-refractivity contribution in [3.05, 3.63) is 70.3 Å². The molecule has 2 aromatic carbocycles. The summed E-state index contributed by atoms with van der Waals surface area (Å²) < 4.78 is 0. The van der Waals surface area contributed by atoms with Crippen LogP contribution in [0.2, 0.25) is 0 Å². The van der Waals surface area contributed by atoms with E-state index in [1.165, 1.54) is 6.07 Å². The third-order valence-electron chi connectivity index (χ3n) is 6.68. The van der Waals surface area contributed by atoms with Crippen molar-refractivity contribution < 1.29 is 14.5 Å². The molecule has 2 fully saturated rings. The predicted octanol–water partition coefficient (Wildman–Crippen LogP) is 3.11. The number of nitro benzene ring substituents is 1. The Morgan fingerprint density at radius 3 is 2.15 bits per heavy atom. The van der Waals surface area contributed by atoms with Crippen LogP contribution >= 0.6 is 0 Å². The van der Waals surface area contributed by atoms with E-state index in [1.54, 1.807) is 18.2 Å². The van der Waals surface area contributed by atoms with E-state index in [0.717, 1.165) is 12.0 Å². The van der Waals surface area contributed by atoms with Gasteiger partial charge < -0.3 is 14.7 Å². The van der Waals surface area contributed by atoms with Gasteiger partial charge in [-0.3, -0.25) is 19.7 Å². The van der Waals surface area contributed by atoms with E-state index in [0.29, 0.717) is 64.2 Å². The second-order valence-electron chi connectivity index (χ2n) is 8.70. The fourth-order valence-corrected chi connectivity index (χ4v) is 4.74. The van der Waals surface area contributed by atoms with Crippen LogP contribution in [0.15, 0.2) is 54.6 Å². The summed E-state index contributed by atoms with van der Waals surface area (Å²) in [5, 5.41) is 11.3. The zero-order valence-electron chi connectivity index (χ0n) is 18.8. The number of likely N-dealkylation sites (tertiary alicyclic amines) is 1. The minimum atomic E-state index is -0.359. The molecule has 174 valence electrons. The fraction of sp³-hybridized carbons (Fsp3) is 0.440. The van der Waals surface area contributed by atoms with E-state index < -0.39 is 0 Å². The highest BCUT2D eigenvalue weighted by Gasteiger charge is 2.32. The number of nitro groups is 1. The fourth-order valence-electron chi connectivity index (χ4n) is 4.74. The van der Waals surface area contributed by atoms with Gasteiger partial charge in [0.05, 0.1) is 4.92 Å². The number of carbonyl (C=O) groups excluding carboxylic acids is 2. The van der Waals surface area contributed by atoms with Crippen molar-refractivity contribution in [3.8, 4) is 0 Å². The van der Waals surface area contributed by atoms with Gasteiger partial charge >= 0.3 is 0 Å². The summed E-state index contributed by atoms with van der Waals surface area (Å²) in [7, 11) is 0. The molecule has 2 aliphatic rings. The second kappa shape index (κ2) is 10.5. The highest BCUT2D eigenvalue weighted by Crippen LogP contribution is 2.29. The molecule has 8 heteroatoms. The number of anilines is 1. The molecular formula is C25H30N4O4. The van der Waals surface area contributed by atoms with Crippen molar-refractivity contribution >= 4 is 23.2 Å². The predicted molar refractivity (Wildman–Crippen MR) is 126 cm³/mol. The first kappa shape index (κ1) is 22.8. The number of hydrogen-bond donors (Lipinski definition) is 0. The van der Waals surface area contributed by atoms with Crippen LogP contribution in [0.4, 0.5) is 11.4 Å². The molecule has 0 atom stereocenters. The van der Waals surface area contributed by atoms with Crippen LogP contribution in [-0.4, -0.2) is 65.8 Å². The normalized spacial score (nSPS) is 17.2. The van der Waals surface area contributed by atoms with Crippen LogP contribution in [0.25, 0.3) is 0 Å². The monoisotopic (exact) mass is 450 g/mol. The molecule has 0 aliphatic carbocycles. The molecule has 0 bridgehead atoms. The molecule has 0 spiro atoms. The molecule has 0 N–H and O–H groups in total. The first-order valence-electron chi connectivity index (χ1n) is 11.6. The van der Waals surface area contributed by atoms with Gasteiger partial charge in [0.15, 0.2) is 0 Å². The maximum Gasteiger partial charge on any atom is 0.292 e. The third-order valence-corrected chi connectivity index (χ3v) is 6.68. The van der Waals surface area contributed by atoms with Gasteiger partial charge in [-0.1, -0.05) is 42.5 Å². The summed E-state index contributed by atoms with van der Waals surface area (Å²) in [5.74, 6) is 0.247. The van der Waals surface area contributed by atoms with Crippen LogP contribution in [0.1, 0.15) is 24.8 Å². The van der Waals surface area contributed by atoms with Crippen molar-refractivity contribution in [2.45, 2.75) is 25.7 Å². The first-order chi connectivity index (χ1) is 16.0. The Balaban J connectivity index is 1.23. The lowest BCUT2D eigenvalue weighted by Crippen LogP contribution is -2.52. The van der Waals surface area contributed by atoms with Crippen LogP contribution in [0, 0.1) is 16.0 Å². The van der Waals surface area contributed by atoms with Crippen molar-refractivity contribution in [1.29, 1.82) is 0 Å².